The van der Waals surface area contributed by atoms with Crippen molar-refractivity contribution < 1.29 is 19.1 Å². The minimum Gasteiger partial charge on any atom is -0.482 e. The molecule has 3 aromatic carbocycles. The summed E-state index contributed by atoms with van der Waals surface area (Å²) in [6, 6.07) is 25.0. The van der Waals surface area contributed by atoms with Gasteiger partial charge in [0.2, 0.25) is 5.91 Å². The van der Waals surface area contributed by atoms with Crippen LogP contribution in [0, 0.1) is 0 Å². The largest absolute Gasteiger partial charge is 0.482 e. The quantitative estimate of drug-likeness (QED) is 0.383. The number of rotatable bonds is 12. The van der Waals surface area contributed by atoms with E-state index in [4.69, 9.17) is 21.1 Å². The summed E-state index contributed by atoms with van der Waals surface area (Å²) >= 11 is 6.18. The predicted molar refractivity (Wildman–Crippen MR) is 133 cm³/mol. The summed E-state index contributed by atoms with van der Waals surface area (Å²) in [6.45, 7) is 0.974. The molecule has 0 saturated heterocycles. The fraction of sp³-hybridized carbons (Fsp3) is 0.259. The third-order valence-electron chi connectivity index (χ3n) is 5.20. The number of hydrogen-bond acceptors (Lipinski definition) is 4. The highest BCUT2D eigenvalue weighted by Gasteiger charge is 2.31. The highest BCUT2D eigenvalue weighted by molar-refractivity contribution is 6.32. The molecule has 2 amide bonds. The summed E-state index contributed by atoms with van der Waals surface area (Å²) in [4.78, 5) is 28.4. The van der Waals surface area contributed by atoms with Gasteiger partial charge in [0, 0.05) is 26.8 Å². The van der Waals surface area contributed by atoms with Crippen molar-refractivity contribution in [2.45, 2.75) is 19.0 Å². The van der Waals surface area contributed by atoms with Crippen LogP contribution in [0.5, 0.6) is 5.75 Å². The lowest BCUT2D eigenvalue weighted by Gasteiger charge is -2.31. The van der Waals surface area contributed by atoms with Crippen molar-refractivity contribution in [2.24, 2.45) is 0 Å². The van der Waals surface area contributed by atoms with Crippen LogP contribution >= 0.6 is 11.6 Å². The Bertz CT molecular complexity index is 1050. The number of carbonyl (C=O) groups is 2. The third kappa shape index (κ3) is 7.33. The lowest BCUT2D eigenvalue weighted by molar-refractivity contribution is -0.143. The Labute approximate surface area is 205 Å². The first-order chi connectivity index (χ1) is 16.6. The van der Waals surface area contributed by atoms with Gasteiger partial charge in [0.15, 0.2) is 6.61 Å². The number of benzene rings is 3. The summed E-state index contributed by atoms with van der Waals surface area (Å²) in [5.41, 5.74) is 1.62. The first-order valence-electron chi connectivity index (χ1n) is 11.1. The highest BCUT2D eigenvalue weighted by Crippen LogP contribution is 2.26. The second-order valence-corrected chi connectivity index (χ2v) is 8.08. The van der Waals surface area contributed by atoms with E-state index < -0.39 is 6.04 Å². The maximum Gasteiger partial charge on any atom is 0.261 e. The molecule has 0 heterocycles. The highest BCUT2D eigenvalue weighted by atomic mass is 35.5. The summed E-state index contributed by atoms with van der Waals surface area (Å²) in [6.07, 6.45) is 0.673. The van der Waals surface area contributed by atoms with Crippen molar-refractivity contribution in [2.75, 3.05) is 26.9 Å². The Hall–Kier alpha value is -3.35. The van der Waals surface area contributed by atoms with Gasteiger partial charge in [0.25, 0.3) is 5.91 Å². The molecular weight excluding hydrogens is 452 g/mol. The molecule has 178 valence electrons. The van der Waals surface area contributed by atoms with Crippen molar-refractivity contribution >= 4 is 23.4 Å². The number of hydrogen-bond donors (Lipinski definition) is 1. The summed E-state index contributed by atoms with van der Waals surface area (Å²) < 4.78 is 10.8. The van der Waals surface area contributed by atoms with Crippen molar-refractivity contribution in [1.82, 2.24) is 10.2 Å². The molecule has 0 aromatic heterocycles. The van der Waals surface area contributed by atoms with Crippen LogP contribution in [-0.4, -0.2) is 43.6 Å². The second-order valence-electron chi connectivity index (χ2n) is 7.68. The Morgan fingerprint density at radius 1 is 0.941 bits per heavy atom. The fourth-order valence-electron chi connectivity index (χ4n) is 3.52. The van der Waals surface area contributed by atoms with Gasteiger partial charge in [-0.2, -0.15) is 0 Å². The maximum atomic E-state index is 13.5. The van der Waals surface area contributed by atoms with Crippen LogP contribution in [0.4, 0.5) is 0 Å². The van der Waals surface area contributed by atoms with Gasteiger partial charge in [-0.25, -0.2) is 0 Å². The zero-order valence-electron chi connectivity index (χ0n) is 19.2. The van der Waals surface area contributed by atoms with Crippen LogP contribution in [0.15, 0.2) is 84.9 Å². The molecule has 0 bridgehead atoms. The third-order valence-corrected chi connectivity index (χ3v) is 5.52. The zero-order chi connectivity index (χ0) is 24.2. The van der Waals surface area contributed by atoms with Crippen LogP contribution in [-0.2, 0) is 20.9 Å². The molecule has 1 atom stereocenters. The van der Waals surface area contributed by atoms with E-state index in [2.05, 4.69) is 5.32 Å². The first kappa shape index (κ1) is 25.3. The minimum absolute atomic E-state index is 0.247. The van der Waals surface area contributed by atoms with Crippen LogP contribution in [0.25, 0.3) is 0 Å². The van der Waals surface area contributed by atoms with Gasteiger partial charge in [-0.05, 0) is 29.7 Å². The Kier molecular flexibility index (Phi) is 9.95. The molecule has 0 radical (unpaired) electrons. The number of nitrogens with zero attached hydrogens (tertiary/aromatic N) is 1. The Balaban J connectivity index is 1.88. The molecule has 1 N–H and O–H groups in total. The smallest absolute Gasteiger partial charge is 0.261 e. The van der Waals surface area contributed by atoms with Crippen LogP contribution in [0.1, 0.15) is 23.6 Å². The average molecular weight is 481 g/mol. The van der Waals surface area contributed by atoms with E-state index >= 15 is 0 Å². The van der Waals surface area contributed by atoms with E-state index in [1.165, 1.54) is 0 Å². The summed E-state index contributed by atoms with van der Waals surface area (Å²) in [7, 11) is 1.62. The number of nitrogens with one attached hydrogen (secondary N) is 1. The van der Waals surface area contributed by atoms with Crippen molar-refractivity contribution in [1.29, 1.82) is 0 Å². The van der Waals surface area contributed by atoms with Crippen LogP contribution in [0.2, 0.25) is 5.02 Å². The number of ether oxygens (including phenoxy) is 2. The van der Waals surface area contributed by atoms with Gasteiger partial charge >= 0.3 is 0 Å². The number of methoxy groups -OCH3 is 1. The SMILES string of the molecule is COCCCNC(=O)[C@@H](c1ccccc1)N(Cc1ccccc1)C(=O)COc1ccccc1Cl. The molecule has 7 heteroatoms. The van der Waals surface area contributed by atoms with Gasteiger partial charge in [-0.1, -0.05) is 84.4 Å². The first-order valence-corrected chi connectivity index (χ1v) is 11.5. The van der Waals surface area contributed by atoms with Crippen LogP contribution < -0.4 is 10.1 Å². The van der Waals surface area contributed by atoms with Gasteiger partial charge in [0.1, 0.15) is 11.8 Å². The van der Waals surface area contributed by atoms with Crippen molar-refractivity contribution in [3.63, 3.8) is 0 Å². The molecule has 3 aromatic rings. The molecular formula is C27H29ClN2O4. The molecule has 0 aliphatic carbocycles. The van der Waals surface area contributed by atoms with Gasteiger partial charge in [-0.3, -0.25) is 9.59 Å². The van der Waals surface area contributed by atoms with Crippen LogP contribution in [0.3, 0.4) is 0 Å². The monoisotopic (exact) mass is 480 g/mol. The molecule has 0 unspecified atom stereocenters. The summed E-state index contributed by atoms with van der Waals surface area (Å²) in [5, 5.41) is 3.36. The molecule has 34 heavy (non-hydrogen) atoms. The molecule has 0 spiro atoms. The fourth-order valence-corrected chi connectivity index (χ4v) is 3.71. The lowest BCUT2D eigenvalue weighted by atomic mass is 10.0. The van der Waals surface area contributed by atoms with E-state index in [1.807, 2.05) is 60.7 Å². The van der Waals surface area contributed by atoms with Gasteiger partial charge in [-0.15, -0.1) is 0 Å². The van der Waals surface area contributed by atoms with Crippen molar-refractivity contribution in [3.05, 3.63) is 101 Å². The lowest BCUT2D eigenvalue weighted by Crippen LogP contribution is -2.45. The number of amides is 2. The van der Waals surface area contributed by atoms with Gasteiger partial charge < -0.3 is 19.7 Å². The van der Waals surface area contributed by atoms with Gasteiger partial charge in [0.05, 0.1) is 5.02 Å². The molecule has 6 nitrogen and oxygen atoms in total. The predicted octanol–water partition coefficient (Wildman–Crippen LogP) is 4.64. The molecule has 3 rings (SSSR count). The van der Waals surface area contributed by atoms with E-state index in [0.29, 0.717) is 35.9 Å². The number of carbonyl (C=O) groups excluding carboxylic acids is 2. The molecule has 0 aliphatic heterocycles. The van der Waals surface area contributed by atoms with Crippen molar-refractivity contribution in [3.8, 4) is 5.75 Å². The zero-order valence-corrected chi connectivity index (χ0v) is 19.9. The van der Waals surface area contributed by atoms with E-state index in [1.54, 1.807) is 36.3 Å². The average Bonchev–Trinajstić information content (AvgIpc) is 2.87. The molecule has 0 aliphatic rings. The minimum atomic E-state index is -0.828. The Morgan fingerprint density at radius 2 is 1.59 bits per heavy atom. The van der Waals surface area contributed by atoms with E-state index in [9.17, 15) is 9.59 Å². The molecule has 0 fully saturated rings. The normalized spacial score (nSPS) is 11.5. The molecule has 0 saturated carbocycles. The standard InChI is InChI=1S/C27H29ClN2O4/c1-33-18-10-17-29-27(32)26(22-13-6-3-7-14-22)30(19-21-11-4-2-5-12-21)25(31)20-34-24-16-9-8-15-23(24)28/h2-9,11-16,26H,10,17-20H2,1H3,(H,29,32)/t26-/m1/s1. The van der Waals surface area contributed by atoms with E-state index in [0.717, 1.165) is 5.56 Å². The number of halogens is 1. The summed E-state index contributed by atoms with van der Waals surface area (Å²) in [5.74, 6) is -0.175. The second kappa shape index (κ2) is 13.4. The Morgan fingerprint density at radius 3 is 2.26 bits per heavy atom. The van der Waals surface area contributed by atoms with E-state index in [-0.39, 0.29) is 25.0 Å². The number of para-hydroxylation sites is 1. The maximum absolute atomic E-state index is 13.5. The topological polar surface area (TPSA) is 67.9 Å².